The number of hydrogen-bond donors (Lipinski definition) is 1. The SMILES string of the molecule is O=C(Nc1ccc(N(Cc2ccccc2)c2ccccc2)nc1)C1CC1. The molecule has 2 aromatic carbocycles. The Bertz CT molecular complexity index is 859. The normalized spacial score (nSPS) is 13.2. The van der Waals surface area contributed by atoms with E-state index in [-0.39, 0.29) is 11.8 Å². The molecular weight excluding hydrogens is 322 g/mol. The molecule has 1 saturated carbocycles. The highest BCUT2D eigenvalue weighted by Gasteiger charge is 2.29. The van der Waals surface area contributed by atoms with E-state index < -0.39 is 0 Å². The fourth-order valence-electron chi connectivity index (χ4n) is 2.89. The summed E-state index contributed by atoms with van der Waals surface area (Å²) >= 11 is 0. The van der Waals surface area contributed by atoms with E-state index in [0.29, 0.717) is 0 Å². The summed E-state index contributed by atoms with van der Waals surface area (Å²) in [6.45, 7) is 0.728. The van der Waals surface area contributed by atoms with Crippen molar-refractivity contribution < 1.29 is 4.79 Å². The Morgan fingerprint density at radius 2 is 1.65 bits per heavy atom. The number of nitrogens with one attached hydrogen (secondary N) is 1. The van der Waals surface area contributed by atoms with Crippen molar-refractivity contribution in [3.8, 4) is 0 Å². The second-order valence-corrected chi connectivity index (χ2v) is 6.58. The quantitative estimate of drug-likeness (QED) is 0.701. The van der Waals surface area contributed by atoms with Crippen molar-refractivity contribution in [3.05, 3.63) is 84.6 Å². The molecule has 130 valence electrons. The van der Waals surface area contributed by atoms with Gasteiger partial charge in [-0.2, -0.15) is 0 Å². The number of benzene rings is 2. The molecule has 0 atom stereocenters. The third kappa shape index (κ3) is 3.91. The van der Waals surface area contributed by atoms with Gasteiger partial charge in [-0.25, -0.2) is 4.98 Å². The minimum absolute atomic E-state index is 0.101. The number of rotatable bonds is 6. The molecule has 0 radical (unpaired) electrons. The number of carbonyl (C=O) groups is 1. The van der Waals surface area contributed by atoms with Gasteiger partial charge in [-0.15, -0.1) is 0 Å². The highest BCUT2D eigenvalue weighted by Crippen LogP contribution is 2.31. The summed E-state index contributed by atoms with van der Waals surface area (Å²) in [4.78, 5) is 18.7. The van der Waals surface area contributed by atoms with Crippen LogP contribution in [0.3, 0.4) is 0 Å². The van der Waals surface area contributed by atoms with Gasteiger partial charge >= 0.3 is 0 Å². The molecule has 0 unspecified atom stereocenters. The van der Waals surface area contributed by atoms with Crippen LogP contribution in [0.1, 0.15) is 18.4 Å². The van der Waals surface area contributed by atoms with E-state index in [1.165, 1.54) is 5.56 Å². The summed E-state index contributed by atoms with van der Waals surface area (Å²) in [6.07, 6.45) is 3.73. The Morgan fingerprint density at radius 1 is 0.962 bits per heavy atom. The third-order valence-electron chi connectivity index (χ3n) is 4.49. The van der Waals surface area contributed by atoms with Crippen LogP contribution in [0.2, 0.25) is 0 Å². The van der Waals surface area contributed by atoms with E-state index in [9.17, 15) is 4.79 Å². The molecule has 3 aromatic rings. The van der Waals surface area contributed by atoms with E-state index in [4.69, 9.17) is 0 Å². The fourth-order valence-corrected chi connectivity index (χ4v) is 2.89. The summed E-state index contributed by atoms with van der Waals surface area (Å²) in [5, 5.41) is 2.94. The van der Waals surface area contributed by atoms with E-state index in [1.807, 2.05) is 48.5 Å². The van der Waals surface area contributed by atoms with Gasteiger partial charge in [0.1, 0.15) is 5.82 Å². The lowest BCUT2D eigenvalue weighted by molar-refractivity contribution is -0.117. The van der Waals surface area contributed by atoms with Crippen LogP contribution in [0.15, 0.2) is 79.0 Å². The number of pyridine rings is 1. The third-order valence-corrected chi connectivity index (χ3v) is 4.49. The Hall–Kier alpha value is -3.14. The van der Waals surface area contributed by atoms with Crippen molar-refractivity contribution >= 4 is 23.1 Å². The maximum atomic E-state index is 11.9. The molecule has 4 rings (SSSR count). The molecule has 0 spiro atoms. The van der Waals surface area contributed by atoms with E-state index in [1.54, 1.807) is 6.20 Å². The van der Waals surface area contributed by atoms with Gasteiger partial charge in [0.25, 0.3) is 0 Å². The van der Waals surface area contributed by atoms with Gasteiger partial charge in [0.15, 0.2) is 0 Å². The van der Waals surface area contributed by atoms with E-state index in [0.717, 1.165) is 36.6 Å². The maximum absolute atomic E-state index is 11.9. The number of nitrogens with zero attached hydrogens (tertiary/aromatic N) is 2. The van der Waals surface area contributed by atoms with Crippen LogP contribution in [-0.4, -0.2) is 10.9 Å². The molecule has 0 aliphatic heterocycles. The predicted molar refractivity (Wildman–Crippen MR) is 104 cm³/mol. The molecule has 1 aromatic heterocycles. The Labute approximate surface area is 153 Å². The number of para-hydroxylation sites is 1. The van der Waals surface area contributed by atoms with E-state index in [2.05, 4.69) is 39.5 Å². The largest absolute Gasteiger partial charge is 0.324 e. The molecule has 26 heavy (non-hydrogen) atoms. The van der Waals surface area contributed by atoms with Gasteiger partial charge in [0.2, 0.25) is 5.91 Å². The lowest BCUT2D eigenvalue weighted by Crippen LogP contribution is -2.18. The van der Waals surface area contributed by atoms with Gasteiger partial charge in [0, 0.05) is 18.2 Å². The van der Waals surface area contributed by atoms with Crippen LogP contribution in [0.4, 0.5) is 17.2 Å². The van der Waals surface area contributed by atoms with Crippen molar-refractivity contribution in [1.29, 1.82) is 0 Å². The Balaban J connectivity index is 1.57. The fraction of sp³-hybridized carbons (Fsp3) is 0.182. The summed E-state index contributed by atoms with van der Waals surface area (Å²) in [7, 11) is 0. The summed E-state index contributed by atoms with van der Waals surface area (Å²) in [5.74, 6) is 1.14. The molecule has 1 fully saturated rings. The van der Waals surface area contributed by atoms with Crippen molar-refractivity contribution in [2.45, 2.75) is 19.4 Å². The Kier molecular flexibility index (Phi) is 4.65. The van der Waals surface area contributed by atoms with Crippen LogP contribution >= 0.6 is 0 Å². The lowest BCUT2D eigenvalue weighted by Gasteiger charge is -2.24. The number of carbonyl (C=O) groups excluding carboxylic acids is 1. The predicted octanol–water partition coefficient (Wildman–Crippen LogP) is 4.77. The van der Waals surface area contributed by atoms with Crippen LogP contribution in [-0.2, 0) is 11.3 Å². The summed E-state index contributed by atoms with van der Waals surface area (Å²) in [6, 6.07) is 24.4. The van der Waals surface area contributed by atoms with E-state index >= 15 is 0 Å². The zero-order valence-electron chi connectivity index (χ0n) is 14.5. The molecule has 4 nitrogen and oxygen atoms in total. The standard InChI is InChI=1S/C22H21N3O/c26-22(18-11-12-18)24-19-13-14-21(23-15-19)25(20-9-5-2-6-10-20)16-17-7-3-1-4-8-17/h1-10,13-15,18H,11-12,16H2,(H,24,26). The van der Waals surface area contributed by atoms with Crippen molar-refractivity contribution in [2.75, 3.05) is 10.2 Å². The maximum Gasteiger partial charge on any atom is 0.227 e. The first kappa shape index (κ1) is 16.3. The second-order valence-electron chi connectivity index (χ2n) is 6.58. The molecule has 4 heteroatoms. The van der Waals surface area contributed by atoms with Gasteiger partial charge in [-0.05, 0) is 42.7 Å². The molecule has 0 bridgehead atoms. The van der Waals surface area contributed by atoms with Gasteiger partial charge in [0.05, 0.1) is 11.9 Å². The van der Waals surface area contributed by atoms with Crippen LogP contribution in [0.5, 0.6) is 0 Å². The molecule has 1 aliphatic rings. The average Bonchev–Trinajstić information content (AvgIpc) is 3.54. The van der Waals surface area contributed by atoms with Crippen molar-refractivity contribution in [2.24, 2.45) is 5.92 Å². The van der Waals surface area contributed by atoms with Gasteiger partial charge in [-0.1, -0.05) is 48.5 Å². The first-order chi connectivity index (χ1) is 12.8. The van der Waals surface area contributed by atoms with Crippen molar-refractivity contribution in [3.63, 3.8) is 0 Å². The first-order valence-corrected chi connectivity index (χ1v) is 8.93. The number of anilines is 3. The molecule has 1 aliphatic carbocycles. The molecule has 1 heterocycles. The zero-order valence-corrected chi connectivity index (χ0v) is 14.5. The number of amides is 1. The monoisotopic (exact) mass is 343 g/mol. The topological polar surface area (TPSA) is 45.2 Å². The highest BCUT2D eigenvalue weighted by atomic mass is 16.2. The molecular formula is C22H21N3O. The Morgan fingerprint density at radius 3 is 2.27 bits per heavy atom. The number of aromatic nitrogens is 1. The molecule has 1 N–H and O–H groups in total. The summed E-state index contributed by atoms with van der Waals surface area (Å²) < 4.78 is 0. The minimum Gasteiger partial charge on any atom is -0.324 e. The smallest absolute Gasteiger partial charge is 0.227 e. The van der Waals surface area contributed by atoms with Crippen molar-refractivity contribution in [1.82, 2.24) is 4.98 Å². The van der Waals surface area contributed by atoms with Gasteiger partial charge in [-0.3, -0.25) is 4.79 Å². The molecule has 1 amide bonds. The number of hydrogen-bond acceptors (Lipinski definition) is 3. The van der Waals surface area contributed by atoms with Crippen LogP contribution < -0.4 is 10.2 Å². The minimum atomic E-state index is 0.101. The average molecular weight is 343 g/mol. The highest BCUT2D eigenvalue weighted by molar-refractivity contribution is 5.93. The zero-order chi connectivity index (χ0) is 17.8. The first-order valence-electron chi connectivity index (χ1n) is 8.93. The van der Waals surface area contributed by atoms with Gasteiger partial charge < -0.3 is 10.2 Å². The molecule has 0 saturated heterocycles. The second kappa shape index (κ2) is 7.40. The summed E-state index contributed by atoms with van der Waals surface area (Å²) in [5.41, 5.74) is 3.04. The van der Waals surface area contributed by atoms with Crippen LogP contribution in [0, 0.1) is 5.92 Å². The van der Waals surface area contributed by atoms with Crippen LogP contribution in [0.25, 0.3) is 0 Å². The lowest BCUT2D eigenvalue weighted by atomic mass is 10.2.